The zero-order valence-corrected chi connectivity index (χ0v) is 14.5. The normalized spacial score (nSPS) is 12.1. The second-order valence-corrected chi connectivity index (χ2v) is 6.24. The molecule has 1 amide bonds. The maximum atomic E-state index is 12.7. The summed E-state index contributed by atoms with van der Waals surface area (Å²) >= 11 is 6.31. The van der Waals surface area contributed by atoms with Gasteiger partial charge in [0.2, 0.25) is 0 Å². The van der Waals surface area contributed by atoms with Gasteiger partial charge in [0.05, 0.1) is 16.8 Å². The van der Waals surface area contributed by atoms with Crippen molar-refractivity contribution in [3.05, 3.63) is 65.2 Å². The molecule has 0 saturated carbocycles. The predicted octanol–water partition coefficient (Wildman–Crippen LogP) is 5.08. The average Bonchev–Trinajstić information content (AvgIpc) is 2.61. The minimum Gasteiger partial charge on any atom is -0.350 e. The highest BCUT2D eigenvalue weighted by molar-refractivity contribution is 6.33. The van der Waals surface area contributed by atoms with Crippen LogP contribution < -0.4 is 5.32 Å². The zero-order valence-electron chi connectivity index (χ0n) is 13.7. The monoisotopic (exact) mass is 338 g/mol. The van der Waals surface area contributed by atoms with Crippen LogP contribution in [0.15, 0.2) is 54.6 Å². The molecule has 122 valence electrons. The number of benzene rings is 2. The minimum absolute atomic E-state index is 0.0868. The van der Waals surface area contributed by atoms with E-state index in [4.69, 9.17) is 11.6 Å². The molecule has 1 atom stereocenters. The molecule has 24 heavy (non-hydrogen) atoms. The van der Waals surface area contributed by atoms with E-state index in [2.05, 4.69) is 10.3 Å². The van der Waals surface area contributed by atoms with E-state index in [1.54, 1.807) is 0 Å². The molecule has 1 heterocycles. The molecular formula is C20H19ClN2O. The standard InChI is InChI=1S/C20H19ClN2O/c1-3-13(2)22-20(24)16-12-19(15-9-4-6-10-17(15)21)23-18-11-7-5-8-14(16)18/h4-13H,3H2,1-2H3,(H,22,24)/t13-/m1/s1. The number of nitrogens with one attached hydrogen (secondary N) is 1. The number of rotatable bonds is 4. The smallest absolute Gasteiger partial charge is 0.252 e. The third-order valence-electron chi connectivity index (χ3n) is 4.10. The van der Waals surface area contributed by atoms with Gasteiger partial charge in [0, 0.05) is 22.0 Å². The van der Waals surface area contributed by atoms with E-state index in [-0.39, 0.29) is 11.9 Å². The Morgan fingerprint density at radius 3 is 2.62 bits per heavy atom. The van der Waals surface area contributed by atoms with Crippen molar-refractivity contribution >= 4 is 28.4 Å². The van der Waals surface area contributed by atoms with E-state index in [1.807, 2.05) is 68.4 Å². The van der Waals surface area contributed by atoms with Crippen molar-refractivity contribution in [3.8, 4) is 11.3 Å². The maximum Gasteiger partial charge on any atom is 0.252 e. The van der Waals surface area contributed by atoms with Gasteiger partial charge in [-0.3, -0.25) is 4.79 Å². The first kappa shape index (κ1) is 16.5. The highest BCUT2D eigenvalue weighted by atomic mass is 35.5. The summed E-state index contributed by atoms with van der Waals surface area (Å²) in [6.07, 6.45) is 0.881. The van der Waals surface area contributed by atoms with Crippen LogP contribution >= 0.6 is 11.6 Å². The molecule has 1 aromatic heterocycles. The highest BCUT2D eigenvalue weighted by Crippen LogP contribution is 2.29. The lowest BCUT2D eigenvalue weighted by Crippen LogP contribution is -2.32. The Morgan fingerprint density at radius 1 is 1.17 bits per heavy atom. The summed E-state index contributed by atoms with van der Waals surface area (Å²) in [4.78, 5) is 17.4. The van der Waals surface area contributed by atoms with Gasteiger partial charge in [-0.05, 0) is 31.5 Å². The van der Waals surface area contributed by atoms with Crippen LogP contribution in [0.1, 0.15) is 30.6 Å². The van der Waals surface area contributed by atoms with Crippen LogP contribution in [0.3, 0.4) is 0 Å². The molecule has 0 bridgehead atoms. The number of nitrogens with zero attached hydrogens (tertiary/aromatic N) is 1. The highest BCUT2D eigenvalue weighted by Gasteiger charge is 2.16. The number of fused-ring (bicyclic) bond motifs is 1. The molecule has 4 heteroatoms. The maximum absolute atomic E-state index is 12.7. The van der Waals surface area contributed by atoms with Crippen LogP contribution in [-0.4, -0.2) is 16.9 Å². The molecule has 1 N–H and O–H groups in total. The van der Waals surface area contributed by atoms with Gasteiger partial charge in [0.25, 0.3) is 5.91 Å². The summed E-state index contributed by atoms with van der Waals surface area (Å²) in [5, 5.41) is 4.49. The molecule has 3 aromatic rings. The Kier molecular flexibility index (Phi) is 4.81. The Labute approximate surface area is 146 Å². The van der Waals surface area contributed by atoms with E-state index in [0.717, 1.165) is 22.9 Å². The first-order valence-corrected chi connectivity index (χ1v) is 8.43. The SMILES string of the molecule is CC[C@@H](C)NC(=O)c1cc(-c2ccccc2Cl)nc2ccccc12. The third-order valence-corrected chi connectivity index (χ3v) is 4.43. The fourth-order valence-electron chi connectivity index (χ4n) is 2.57. The van der Waals surface area contributed by atoms with Crippen LogP contribution in [0.2, 0.25) is 5.02 Å². The molecular weight excluding hydrogens is 320 g/mol. The molecule has 0 radical (unpaired) electrons. The van der Waals surface area contributed by atoms with Crippen LogP contribution in [-0.2, 0) is 0 Å². The van der Waals surface area contributed by atoms with Gasteiger partial charge in [-0.15, -0.1) is 0 Å². The van der Waals surface area contributed by atoms with Crippen molar-refractivity contribution in [1.82, 2.24) is 10.3 Å². The Hall–Kier alpha value is -2.39. The third kappa shape index (κ3) is 3.26. The molecule has 0 spiro atoms. The molecule has 0 aliphatic rings. The summed E-state index contributed by atoms with van der Waals surface area (Å²) in [6, 6.07) is 17.1. The minimum atomic E-state index is -0.0868. The Bertz CT molecular complexity index is 892. The summed E-state index contributed by atoms with van der Waals surface area (Å²) in [5.41, 5.74) is 2.93. The van der Waals surface area contributed by atoms with Crippen molar-refractivity contribution < 1.29 is 4.79 Å². The number of aromatic nitrogens is 1. The Morgan fingerprint density at radius 2 is 1.88 bits per heavy atom. The average molecular weight is 339 g/mol. The molecule has 2 aromatic carbocycles. The van der Waals surface area contributed by atoms with E-state index in [1.165, 1.54) is 0 Å². The predicted molar refractivity (Wildman–Crippen MR) is 99.4 cm³/mol. The van der Waals surface area contributed by atoms with Crippen LogP contribution in [0.4, 0.5) is 0 Å². The van der Waals surface area contributed by atoms with Gasteiger partial charge in [-0.2, -0.15) is 0 Å². The van der Waals surface area contributed by atoms with Gasteiger partial charge >= 0.3 is 0 Å². The number of hydrogen-bond acceptors (Lipinski definition) is 2. The van der Waals surface area contributed by atoms with Gasteiger partial charge < -0.3 is 5.32 Å². The molecule has 0 aliphatic carbocycles. The number of amides is 1. The fraction of sp³-hybridized carbons (Fsp3) is 0.200. The van der Waals surface area contributed by atoms with E-state index < -0.39 is 0 Å². The lowest BCUT2D eigenvalue weighted by atomic mass is 10.0. The summed E-state index contributed by atoms with van der Waals surface area (Å²) in [7, 11) is 0. The second kappa shape index (κ2) is 7.02. The van der Waals surface area contributed by atoms with E-state index in [0.29, 0.717) is 16.3 Å². The van der Waals surface area contributed by atoms with Crippen molar-refractivity contribution in [2.24, 2.45) is 0 Å². The second-order valence-electron chi connectivity index (χ2n) is 5.83. The summed E-state index contributed by atoms with van der Waals surface area (Å²) in [5.74, 6) is -0.0868. The van der Waals surface area contributed by atoms with Crippen molar-refractivity contribution in [1.29, 1.82) is 0 Å². The summed E-state index contributed by atoms with van der Waals surface area (Å²) < 4.78 is 0. The summed E-state index contributed by atoms with van der Waals surface area (Å²) in [6.45, 7) is 4.04. The number of carbonyl (C=O) groups excluding carboxylic acids is 1. The van der Waals surface area contributed by atoms with Gasteiger partial charge in [-0.25, -0.2) is 4.98 Å². The quantitative estimate of drug-likeness (QED) is 0.720. The first-order chi connectivity index (χ1) is 11.6. The van der Waals surface area contributed by atoms with Gasteiger partial charge in [0.15, 0.2) is 0 Å². The lowest BCUT2D eigenvalue weighted by Gasteiger charge is -2.14. The number of pyridine rings is 1. The van der Waals surface area contributed by atoms with Crippen LogP contribution in [0, 0.1) is 0 Å². The molecule has 0 unspecified atom stereocenters. The molecule has 0 saturated heterocycles. The number of halogens is 1. The first-order valence-electron chi connectivity index (χ1n) is 8.05. The number of para-hydroxylation sites is 1. The number of hydrogen-bond donors (Lipinski definition) is 1. The van der Waals surface area contributed by atoms with Crippen LogP contribution in [0.5, 0.6) is 0 Å². The van der Waals surface area contributed by atoms with Gasteiger partial charge in [0.1, 0.15) is 0 Å². The van der Waals surface area contributed by atoms with Crippen molar-refractivity contribution in [3.63, 3.8) is 0 Å². The van der Waals surface area contributed by atoms with Crippen molar-refractivity contribution in [2.45, 2.75) is 26.3 Å². The molecule has 3 nitrogen and oxygen atoms in total. The molecule has 3 rings (SSSR count). The number of carbonyl (C=O) groups is 1. The van der Waals surface area contributed by atoms with E-state index in [9.17, 15) is 4.79 Å². The van der Waals surface area contributed by atoms with Crippen molar-refractivity contribution in [2.75, 3.05) is 0 Å². The van der Waals surface area contributed by atoms with Crippen LogP contribution in [0.25, 0.3) is 22.2 Å². The van der Waals surface area contributed by atoms with E-state index >= 15 is 0 Å². The lowest BCUT2D eigenvalue weighted by molar-refractivity contribution is 0.0941. The topological polar surface area (TPSA) is 42.0 Å². The fourth-order valence-corrected chi connectivity index (χ4v) is 2.81. The molecule has 0 fully saturated rings. The zero-order chi connectivity index (χ0) is 17.1. The largest absolute Gasteiger partial charge is 0.350 e. The Balaban J connectivity index is 2.17. The molecule has 0 aliphatic heterocycles. The van der Waals surface area contributed by atoms with Gasteiger partial charge in [-0.1, -0.05) is 54.9 Å².